The first-order chi connectivity index (χ1) is 18.8. The standard InChI is InChI=1S/C25H16ClF5N6O3/c1-36-34-16-8-15(18-19(21(16)35-36)22(38)33-20(18)12-6-10(27)2-4-14(12)26)32-23(39)37-9-24(40,25(29,30)31)13-7-11(28)3-5-17(13)37/h2-8,20,40H,9H2,1H3,(H,32,39)(H,33,38). The second kappa shape index (κ2) is 8.60. The molecular weight excluding hydrogens is 563 g/mol. The Labute approximate surface area is 226 Å². The highest BCUT2D eigenvalue weighted by atomic mass is 35.5. The third-order valence-corrected chi connectivity index (χ3v) is 7.26. The predicted molar refractivity (Wildman–Crippen MR) is 132 cm³/mol. The average molecular weight is 579 g/mol. The van der Waals surface area contributed by atoms with E-state index in [0.717, 1.165) is 24.3 Å². The predicted octanol–water partition coefficient (Wildman–Crippen LogP) is 4.53. The van der Waals surface area contributed by atoms with Crippen LogP contribution in [0.1, 0.15) is 33.1 Å². The molecule has 3 N–H and O–H groups in total. The van der Waals surface area contributed by atoms with E-state index in [4.69, 9.17) is 11.6 Å². The lowest BCUT2D eigenvalue weighted by Gasteiger charge is -2.27. The van der Waals surface area contributed by atoms with Gasteiger partial charge in [0.05, 0.1) is 29.5 Å². The molecule has 15 heteroatoms. The molecule has 3 aromatic carbocycles. The number of alkyl halides is 3. The molecule has 9 nitrogen and oxygen atoms in total. The summed E-state index contributed by atoms with van der Waals surface area (Å²) in [6, 6.07) is 4.99. The van der Waals surface area contributed by atoms with Crippen molar-refractivity contribution in [2.75, 3.05) is 16.8 Å². The quantitative estimate of drug-likeness (QED) is 0.303. The van der Waals surface area contributed by atoms with Gasteiger partial charge < -0.3 is 15.7 Å². The summed E-state index contributed by atoms with van der Waals surface area (Å²) in [4.78, 5) is 28.4. The fourth-order valence-corrected chi connectivity index (χ4v) is 5.36. The molecule has 40 heavy (non-hydrogen) atoms. The number of nitrogens with one attached hydrogen (secondary N) is 2. The highest BCUT2D eigenvalue weighted by molar-refractivity contribution is 6.31. The van der Waals surface area contributed by atoms with Crippen molar-refractivity contribution < 1.29 is 36.6 Å². The van der Waals surface area contributed by atoms with Crippen molar-refractivity contribution in [1.29, 1.82) is 0 Å². The molecule has 2 aliphatic rings. The number of halogens is 6. The summed E-state index contributed by atoms with van der Waals surface area (Å²) >= 11 is 6.31. The fraction of sp³-hybridized carbons (Fsp3) is 0.200. The number of hydrogen-bond acceptors (Lipinski definition) is 5. The number of carbonyl (C=O) groups is 2. The Hall–Kier alpha value is -4.30. The number of amides is 3. The summed E-state index contributed by atoms with van der Waals surface area (Å²) in [5, 5.41) is 24.2. The van der Waals surface area contributed by atoms with Gasteiger partial charge in [0.15, 0.2) is 0 Å². The summed E-state index contributed by atoms with van der Waals surface area (Å²) in [6.45, 7) is -1.26. The number of urea groups is 1. The van der Waals surface area contributed by atoms with Gasteiger partial charge in [-0.1, -0.05) is 11.6 Å². The molecule has 0 fully saturated rings. The van der Waals surface area contributed by atoms with Crippen LogP contribution < -0.4 is 15.5 Å². The number of aromatic nitrogens is 3. The van der Waals surface area contributed by atoms with Gasteiger partial charge in [0.25, 0.3) is 5.91 Å². The summed E-state index contributed by atoms with van der Waals surface area (Å²) in [6.07, 6.45) is -5.24. The number of β-amino-alcohol motifs (C(OH)–C–C–N with tert-alkyl or cyclic N) is 1. The van der Waals surface area contributed by atoms with Crippen molar-refractivity contribution in [2.45, 2.75) is 17.8 Å². The van der Waals surface area contributed by atoms with Crippen molar-refractivity contribution in [3.05, 3.63) is 81.4 Å². The van der Waals surface area contributed by atoms with E-state index in [2.05, 4.69) is 20.8 Å². The van der Waals surface area contributed by atoms with Crippen LogP contribution in [-0.2, 0) is 12.6 Å². The van der Waals surface area contributed by atoms with E-state index in [9.17, 15) is 36.6 Å². The van der Waals surface area contributed by atoms with Crippen LogP contribution in [0.3, 0.4) is 0 Å². The Bertz CT molecular complexity index is 1760. The molecule has 1 aromatic heterocycles. The number of aliphatic hydroxyl groups is 1. The Morgan fingerprint density at radius 1 is 1.15 bits per heavy atom. The van der Waals surface area contributed by atoms with Gasteiger partial charge in [-0.25, -0.2) is 13.6 Å². The molecule has 3 amide bonds. The van der Waals surface area contributed by atoms with Crippen LogP contribution >= 0.6 is 11.6 Å². The van der Waals surface area contributed by atoms with Crippen LogP contribution in [0.2, 0.25) is 5.02 Å². The minimum Gasteiger partial charge on any atom is -0.375 e. The molecule has 3 heterocycles. The van der Waals surface area contributed by atoms with E-state index < -0.39 is 53.5 Å². The van der Waals surface area contributed by atoms with Crippen LogP contribution in [0, 0.1) is 11.6 Å². The van der Waals surface area contributed by atoms with Gasteiger partial charge in [-0.3, -0.25) is 9.69 Å². The Kier molecular flexibility index (Phi) is 5.58. The zero-order chi connectivity index (χ0) is 28.7. The zero-order valence-electron chi connectivity index (χ0n) is 20.1. The van der Waals surface area contributed by atoms with Crippen molar-refractivity contribution >= 4 is 45.9 Å². The largest absolute Gasteiger partial charge is 0.423 e. The summed E-state index contributed by atoms with van der Waals surface area (Å²) < 4.78 is 69.7. The average Bonchev–Trinajstić information content (AvgIpc) is 3.51. The van der Waals surface area contributed by atoms with Gasteiger partial charge in [-0.2, -0.15) is 28.2 Å². The molecule has 4 aromatic rings. The van der Waals surface area contributed by atoms with Crippen LogP contribution in [0.15, 0.2) is 42.5 Å². The first-order valence-electron chi connectivity index (χ1n) is 11.6. The Balaban J connectivity index is 1.48. The van der Waals surface area contributed by atoms with Gasteiger partial charge in [0.1, 0.15) is 22.7 Å². The topological polar surface area (TPSA) is 112 Å². The minimum absolute atomic E-state index is 0.00178. The number of fused-ring (bicyclic) bond motifs is 4. The number of aryl methyl sites for hydroxylation is 1. The number of carbonyl (C=O) groups excluding carboxylic acids is 2. The number of anilines is 2. The first-order valence-corrected chi connectivity index (χ1v) is 12.0. The van der Waals surface area contributed by atoms with Crippen LogP contribution in [0.5, 0.6) is 0 Å². The Morgan fingerprint density at radius 2 is 1.85 bits per heavy atom. The first kappa shape index (κ1) is 26.0. The van der Waals surface area contributed by atoms with Gasteiger partial charge >= 0.3 is 12.2 Å². The van der Waals surface area contributed by atoms with Crippen LogP contribution in [-0.4, -0.2) is 44.8 Å². The van der Waals surface area contributed by atoms with E-state index in [0.29, 0.717) is 11.0 Å². The molecule has 2 atom stereocenters. The summed E-state index contributed by atoms with van der Waals surface area (Å²) in [5.74, 6) is -2.31. The second-order valence-electron chi connectivity index (χ2n) is 9.38. The summed E-state index contributed by atoms with van der Waals surface area (Å²) in [7, 11) is 1.50. The van der Waals surface area contributed by atoms with Gasteiger partial charge in [0, 0.05) is 28.8 Å². The normalized spacial score (nSPS) is 20.1. The van der Waals surface area contributed by atoms with Gasteiger partial charge in [-0.15, -0.1) is 0 Å². The maximum absolute atomic E-state index is 14.2. The molecule has 0 saturated carbocycles. The van der Waals surface area contributed by atoms with E-state index >= 15 is 0 Å². The molecule has 0 radical (unpaired) electrons. The maximum Gasteiger partial charge on any atom is 0.423 e. The Morgan fingerprint density at radius 3 is 2.58 bits per heavy atom. The maximum atomic E-state index is 14.2. The van der Waals surface area contributed by atoms with Crippen LogP contribution in [0.25, 0.3) is 11.0 Å². The lowest BCUT2D eigenvalue weighted by molar-refractivity contribution is -0.258. The number of hydrogen-bond donors (Lipinski definition) is 3. The number of rotatable bonds is 2. The highest BCUT2D eigenvalue weighted by Gasteiger charge is 2.61. The third-order valence-electron chi connectivity index (χ3n) is 6.91. The van der Waals surface area contributed by atoms with E-state index in [1.807, 2.05) is 0 Å². The zero-order valence-corrected chi connectivity index (χ0v) is 20.9. The molecule has 0 saturated heterocycles. The number of benzene rings is 3. The van der Waals surface area contributed by atoms with Crippen LogP contribution in [0.4, 0.5) is 38.1 Å². The summed E-state index contributed by atoms with van der Waals surface area (Å²) in [5.41, 5.74) is -4.16. The lowest BCUT2D eigenvalue weighted by atomic mass is 9.95. The highest BCUT2D eigenvalue weighted by Crippen LogP contribution is 2.49. The van der Waals surface area contributed by atoms with E-state index in [1.54, 1.807) is 0 Å². The van der Waals surface area contributed by atoms with Crippen molar-refractivity contribution in [3.63, 3.8) is 0 Å². The number of nitrogens with zero attached hydrogens (tertiary/aromatic N) is 4. The molecule has 6 rings (SSSR count). The lowest BCUT2D eigenvalue weighted by Crippen LogP contribution is -2.48. The van der Waals surface area contributed by atoms with Gasteiger partial charge in [0.2, 0.25) is 5.60 Å². The minimum atomic E-state index is -5.24. The van der Waals surface area contributed by atoms with E-state index in [1.165, 1.54) is 24.0 Å². The fourth-order valence-electron chi connectivity index (χ4n) is 5.13. The second-order valence-corrected chi connectivity index (χ2v) is 9.79. The molecule has 0 bridgehead atoms. The molecule has 0 aliphatic carbocycles. The molecule has 2 aliphatic heterocycles. The smallest absolute Gasteiger partial charge is 0.375 e. The molecular formula is C25H16ClF5N6O3. The molecule has 206 valence electrons. The third kappa shape index (κ3) is 3.78. The molecule has 2 unspecified atom stereocenters. The SMILES string of the molecule is Cn1nc2cc(NC(=O)N3CC(O)(C(F)(F)F)c4cc(F)ccc43)c3c(c2n1)C(=O)NC3c1cc(F)ccc1Cl. The van der Waals surface area contributed by atoms with E-state index in [-0.39, 0.29) is 44.1 Å². The van der Waals surface area contributed by atoms with Gasteiger partial charge in [-0.05, 0) is 42.5 Å². The monoisotopic (exact) mass is 578 g/mol. The van der Waals surface area contributed by atoms with Crippen molar-refractivity contribution in [1.82, 2.24) is 20.3 Å². The molecule has 0 spiro atoms. The van der Waals surface area contributed by atoms with Crippen molar-refractivity contribution in [3.8, 4) is 0 Å². The van der Waals surface area contributed by atoms with Crippen molar-refractivity contribution in [2.24, 2.45) is 7.05 Å².